The Balaban J connectivity index is 1.11. The Labute approximate surface area is 183 Å². The van der Waals surface area contributed by atoms with Gasteiger partial charge in [-0.3, -0.25) is 9.78 Å². The van der Waals surface area contributed by atoms with Crippen LogP contribution in [0.25, 0.3) is 0 Å². The number of carboxylic acids is 1. The van der Waals surface area contributed by atoms with Crippen molar-refractivity contribution in [2.24, 2.45) is 5.92 Å². The van der Waals surface area contributed by atoms with Crippen LogP contribution in [-0.2, 0) is 28.9 Å². The summed E-state index contributed by atoms with van der Waals surface area (Å²) in [6, 6.07) is 7.55. The summed E-state index contributed by atoms with van der Waals surface area (Å²) in [5, 5.41) is 15.9. The van der Waals surface area contributed by atoms with Crippen LogP contribution >= 0.6 is 0 Å². The van der Waals surface area contributed by atoms with Crippen molar-refractivity contribution in [1.82, 2.24) is 15.3 Å². The molecule has 4 rings (SSSR count). The highest BCUT2D eigenvalue weighted by Crippen LogP contribution is 2.34. The first kappa shape index (κ1) is 21.7. The molecule has 0 radical (unpaired) electrons. The van der Waals surface area contributed by atoms with E-state index in [0.717, 1.165) is 50.0 Å². The van der Waals surface area contributed by atoms with Crippen molar-refractivity contribution in [2.45, 2.75) is 63.6 Å². The molecule has 1 saturated carbocycles. The number of carbonyl (C=O) groups is 1. The van der Waals surface area contributed by atoms with Crippen LogP contribution in [0.2, 0.25) is 0 Å². The molecule has 2 aromatic heterocycles. The number of pyridine rings is 2. The van der Waals surface area contributed by atoms with Crippen LogP contribution in [0.3, 0.4) is 0 Å². The van der Waals surface area contributed by atoms with Gasteiger partial charge in [-0.25, -0.2) is 4.98 Å². The van der Waals surface area contributed by atoms with E-state index in [9.17, 15) is 9.90 Å². The zero-order chi connectivity index (χ0) is 21.5. The van der Waals surface area contributed by atoms with Gasteiger partial charge in [-0.1, -0.05) is 6.07 Å². The van der Waals surface area contributed by atoms with Gasteiger partial charge in [-0.05, 0) is 80.2 Å². The zero-order valence-electron chi connectivity index (χ0n) is 17.9. The lowest BCUT2D eigenvalue weighted by Gasteiger charge is -2.35. The van der Waals surface area contributed by atoms with E-state index < -0.39 is 12.0 Å². The quantitative estimate of drug-likeness (QED) is 0.510. The van der Waals surface area contributed by atoms with Gasteiger partial charge in [0.1, 0.15) is 11.9 Å². The Morgan fingerprint density at radius 1 is 1.26 bits per heavy atom. The summed E-state index contributed by atoms with van der Waals surface area (Å²) in [6.07, 6.45) is 10.7. The molecule has 166 valence electrons. The van der Waals surface area contributed by atoms with E-state index in [4.69, 9.17) is 9.72 Å². The van der Waals surface area contributed by atoms with E-state index in [1.54, 1.807) is 12.4 Å². The second kappa shape index (κ2) is 10.7. The number of aromatic nitrogens is 2. The molecular weight excluding hydrogens is 392 g/mol. The SMILES string of the molecule is O=C(O)[C@H](CCO[C@H]1C[C@H](CCc2ccc3c(n2)NCCC3)C1)NCc1ccncc1. The fraction of sp³-hybridized carbons (Fsp3) is 0.542. The average Bonchev–Trinajstić information content (AvgIpc) is 2.77. The summed E-state index contributed by atoms with van der Waals surface area (Å²) in [6.45, 7) is 2.00. The lowest BCUT2D eigenvalue weighted by Crippen LogP contribution is -2.38. The van der Waals surface area contributed by atoms with E-state index in [1.165, 1.54) is 17.7 Å². The molecule has 0 unspecified atom stereocenters. The molecule has 7 heteroatoms. The van der Waals surface area contributed by atoms with Gasteiger partial charge in [-0.15, -0.1) is 0 Å². The van der Waals surface area contributed by atoms with Crippen LogP contribution in [0.5, 0.6) is 0 Å². The minimum absolute atomic E-state index is 0.262. The molecular formula is C24H32N4O3. The molecule has 2 aliphatic rings. The minimum Gasteiger partial charge on any atom is -0.480 e. The van der Waals surface area contributed by atoms with Crippen molar-refractivity contribution in [1.29, 1.82) is 0 Å². The zero-order valence-corrected chi connectivity index (χ0v) is 17.9. The van der Waals surface area contributed by atoms with Gasteiger partial charge in [0.25, 0.3) is 0 Å². The highest BCUT2D eigenvalue weighted by Gasteiger charge is 2.30. The van der Waals surface area contributed by atoms with Gasteiger partial charge < -0.3 is 20.5 Å². The standard InChI is InChI=1S/C24H32N4O3/c29-24(30)22(27-16-17-7-11-25-12-8-17)9-13-31-21-14-18(15-21)3-5-20-6-4-19-2-1-10-26-23(19)28-20/h4,6-8,11-12,18,21-22,27H,1-3,5,9-10,13-16H2,(H,26,28)(H,29,30)/t18-,21-,22-/m0/s1. The van der Waals surface area contributed by atoms with Crippen molar-refractivity contribution in [3.05, 3.63) is 53.5 Å². The third-order valence-electron chi connectivity index (χ3n) is 6.31. The number of aryl methyl sites for hydroxylation is 2. The van der Waals surface area contributed by atoms with Crippen molar-refractivity contribution >= 4 is 11.8 Å². The molecule has 2 aromatic rings. The molecule has 1 aliphatic carbocycles. The van der Waals surface area contributed by atoms with Gasteiger partial charge in [0, 0.05) is 37.8 Å². The molecule has 31 heavy (non-hydrogen) atoms. The number of nitrogens with zero attached hydrogens (tertiary/aromatic N) is 2. The lowest BCUT2D eigenvalue weighted by molar-refractivity contribution is -0.140. The number of aliphatic carboxylic acids is 1. The first-order chi connectivity index (χ1) is 15.2. The molecule has 7 nitrogen and oxygen atoms in total. The van der Waals surface area contributed by atoms with Crippen LogP contribution in [0.4, 0.5) is 5.82 Å². The summed E-state index contributed by atoms with van der Waals surface area (Å²) < 4.78 is 5.93. The minimum atomic E-state index is -0.837. The van der Waals surface area contributed by atoms with Gasteiger partial charge in [0.15, 0.2) is 0 Å². The summed E-state index contributed by atoms with van der Waals surface area (Å²) in [5.74, 6) is 0.913. The van der Waals surface area contributed by atoms with Gasteiger partial charge >= 0.3 is 5.97 Å². The lowest BCUT2D eigenvalue weighted by atomic mass is 9.79. The van der Waals surface area contributed by atoms with Crippen LogP contribution < -0.4 is 10.6 Å². The van der Waals surface area contributed by atoms with Gasteiger partial charge in [-0.2, -0.15) is 0 Å². The molecule has 3 heterocycles. The normalized spacial score (nSPS) is 20.9. The number of nitrogens with one attached hydrogen (secondary N) is 2. The van der Waals surface area contributed by atoms with Gasteiger partial charge in [0.05, 0.1) is 6.10 Å². The molecule has 0 bridgehead atoms. The van der Waals surface area contributed by atoms with E-state index in [0.29, 0.717) is 25.5 Å². The molecule has 1 fully saturated rings. The van der Waals surface area contributed by atoms with Crippen molar-refractivity contribution < 1.29 is 14.6 Å². The number of hydrogen-bond acceptors (Lipinski definition) is 6. The van der Waals surface area contributed by atoms with Gasteiger partial charge in [0.2, 0.25) is 0 Å². The number of anilines is 1. The monoisotopic (exact) mass is 424 g/mol. The van der Waals surface area contributed by atoms with Crippen molar-refractivity contribution in [2.75, 3.05) is 18.5 Å². The highest BCUT2D eigenvalue weighted by atomic mass is 16.5. The summed E-state index contributed by atoms with van der Waals surface area (Å²) in [7, 11) is 0. The Bertz CT molecular complexity index is 855. The largest absolute Gasteiger partial charge is 0.480 e. The average molecular weight is 425 g/mol. The number of hydrogen-bond donors (Lipinski definition) is 3. The van der Waals surface area contributed by atoms with Crippen molar-refractivity contribution in [3.63, 3.8) is 0 Å². The topological polar surface area (TPSA) is 96.4 Å². The van der Waals surface area contributed by atoms with Crippen LogP contribution in [0.1, 0.15) is 48.9 Å². The molecule has 0 saturated heterocycles. The van der Waals surface area contributed by atoms with E-state index >= 15 is 0 Å². The molecule has 0 amide bonds. The Morgan fingerprint density at radius 3 is 2.90 bits per heavy atom. The smallest absolute Gasteiger partial charge is 0.320 e. The van der Waals surface area contributed by atoms with Crippen LogP contribution in [-0.4, -0.2) is 46.3 Å². The molecule has 0 spiro atoms. The number of ether oxygens (including phenoxy) is 1. The third-order valence-corrected chi connectivity index (χ3v) is 6.31. The maximum atomic E-state index is 11.5. The third kappa shape index (κ3) is 6.24. The molecule has 3 N–H and O–H groups in total. The number of rotatable bonds is 11. The Kier molecular flexibility index (Phi) is 7.48. The maximum absolute atomic E-state index is 11.5. The first-order valence-corrected chi connectivity index (χ1v) is 11.4. The molecule has 1 aliphatic heterocycles. The number of carboxylic acid groups (broad SMARTS) is 1. The predicted octanol–water partition coefficient (Wildman–Crippen LogP) is 3.20. The van der Waals surface area contributed by atoms with E-state index in [2.05, 4.69) is 27.8 Å². The predicted molar refractivity (Wildman–Crippen MR) is 119 cm³/mol. The fourth-order valence-electron chi connectivity index (χ4n) is 4.31. The van der Waals surface area contributed by atoms with Crippen LogP contribution in [0, 0.1) is 5.92 Å². The fourth-order valence-corrected chi connectivity index (χ4v) is 4.31. The van der Waals surface area contributed by atoms with E-state index in [1.807, 2.05) is 12.1 Å². The maximum Gasteiger partial charge on any atom is 0.320 e. The highest BCUT2D eigenvalue weighted by molar-refractivity contribution is 5.73. The second-order valence-electron chi connectivity index (χ2n) is 8.63. The second-order valence-corrected chi connectivity index (χ2v) is 8.63. The summed E-state index contributed by atoms with van der Waals surface area (Å²) in [5.41, 5.74) is 3.53. The number of fused-ring (bicyclic) bond motifs is 1. The van der Waals surface area contributed by atoms with Crippen LogP contribution in [0.15, 0.2) is 36.7 Å². The molecule has 1 atom stereocenters. The van der Waals surface area contributed by atoms with Crippen molar-refractivity contribution in [3.8, 4) is 0 Å². The summed E-state index contributed by atoms with van der Waals surface area (Å²) >= 11 is 0. The Hall–Kier alpha value is -2.51. The molecule has 0 aromatic carbocycles. The Morgan fingerprint density at radius 2 is 2.10 bits per heavy atom. The first-order valence-electron chi connectivity index (χ1n) is 11.4. The summed E-state index contributed by atoms with van der Waals surface area (Å²) in [4.78, 5) is 20.3. The van der Waals surface area contributed by atoms with E-state index in [-0.39, 0.29) is 6.10 Å².